The summed E-state index contributed by atoms with van der Waals surface area (Å²) in [7, 11) is 0. The molecule has 0 heterocycles. The molecule has 2 heteroatoms. The van der Waals surface area contributed by atoms with Crippen molar-refractivity contribution < 1.29 is 0 Å². The van der Waals surface area contributed by atoms with E-state index < -0.39 is 0 Å². The van der Waals surface area contributed by atoms with Gasteiger partial charge in [0.05, 0.1) is 0 Å². The van der Waals surface area contributed by atoms with Gasteiger partial charge in [0.15, 0.2) is 0 Å². The maximum atomic E-state index is 6.13. The molecule has 1 nitrogen and oxygen atoms in total. The van der Waals surface area contributed by atoms with E-state index in [1.807, 2.05) is 0 Å². The second-order valence-corrected chi connectivity index (χ2v) is 4.38. The first kappa shape index (κ1) is 12.5. The molecule has 84 valence electrons. The maximum Gasteiger partial charge on any atom is 0.00703 e. The van der Waals surface area contributed by atoms with Crippen LogP contribution in [0.25, 0.3) is 0 Å². The van der Waals surface area contributed by atoms with Crippen molar-refractivity contribution in [1.29, 1.82) is 0 Å². The third-order valence-corrected chi connectivity index (χ3v) is 3.36. The maximum absolute atomic E-state index is 6.13. The molecule has 1 aromatic rings. The number of rotatable bonds is 4. The van der Waals surface area contributed by atoms with Crippen molar-refractivity contribution >= 4 is 12.4 Å². The zero-order valence-electron chi connectivity index (χ0n) is 9.06. The second-order valence-electron chi connectivity index (χ2n) is 4.38. The molecule has 0 aliphatic heterocycles. The minimum absolute atomic E-state index is 0. The van der Waals surface area contributed by atoms with Crippen molar-refractivity contribution in [2.24, 2.45) is 11.7 Å². The van der Waals surface area contributed by atoms with Gasteiger partial charge >= 0.3 is 0 Å². The van der Waals surface area contributed by atoms with E-state index in [2.05, 4.69) is 30.3 Å². The van der Waals surface area contributed by atoms with E-state index in [4.69, 9.17) is 5.73 Å². The molecule has 0 unspecified atom stereocenters. The van der Waals surface area contributed by atoms with Crippen molar-refractivity contribution in [3.05, 3.63) is 35.9 Å². The first-order valence-electron chi connectivity index (χ1n) is 5.66. The Bertz CT molecular complexity index is 269. The van der Waals surface area contributed by atoms with Crippen molar-refractivity contribution in [2.75, 3.05) is 0 Å². The first-order chi connectivity index (χ1) is 6.86. The van der Waals surface area contributed by atoms with Crippen LogP contribution in [0.4, 0.5) is 0 Å². The van der Waals surface area contributed by atoms with Crippen LogP contribution in [0.15, 0.2) is 30.3 Å². The SMILES string of the molecule is Cl.N[C@@H](CCc1ccccc1)C1CCC1. The average Bonchev–Trinajstić information content (AvgIpc) is 2.14. The zero-order valence-corrected chi connectivity index (χ0v) is 9.88. The van der Waals surface area contributed by atoms with Crippen LogP contribution >= 0.6 is 12.4 Å². The first-order valence-corrected chi connectivity index (χ1v) is 5.66. The van der Waals surface area contributed by atoms with Crippen molar-refractivity contribution in [3.63, 3.8) is 0 Å². The molecular weight excluding hydrogens is 206 g/mol. The highest BCUT2D eigenvalue weighted by Crippen LogP contribution is 2.30. The Hall–Kier alpha value is -0.530. The molecule has 0 radical (unpaired) electrons. The monoisotopic (exact) mass is 225 g/mol. The minimum atomic E-state index is 0. The predicted octanol–water partition coefficient (Wildman–Crippen LogP) is 3.17. The molecule has 2 rings (SSSR count). The summed E-state index contributed by atoms with van der Waals surface area (Å²) in [6.07, 6.45) is 6.39. The van der Waals surface area contributed by atoms with Crippen LogP contribution in [-0.4, -0.2) is 6.04 Å². The van der Waals surface area contributed by atoms with E-state index in [9.17, 15) is 0 Å². The smallest absolute Gasteiger partial charge is 0.00703 e. The number of aryl methyl sites for hydroxylation is 1. The Morgan fingerprint density at radius 1 is 1.20 bits per heavy atom. The molecule has 1 aliphatic rings. The van der Waals surface area contributed by atoms with Crippen LogP contribution in [0.2, 0.25) is 0 Å². The quantitative estimate of drug-likeness (QED) is 0.837. The third-order valence-electron chi connectivity index (χ3n) is 3.36. The lowest BCUT2D eigenvalue weighted by atomic mass is 9.78. The number of nitrogens with two attached hydrogens (primary N) is 1. The Morgan fingerprint density at radius 2 is 1.87 bits per heavy atom. The summed E-state index contributed by atoms with van der Waals surface area (Å²) in [6, 6.07) is 11.1. The fourth-order valence-electron chi connectivity index (χ4n) is 2.08. The van der Waals surface area contributed by atoms with Gasteiger partial charge in [-0.15, -0.1) is 12.4 Å². The van der Waals surface area contributed by atoms with Crippen LogP contribution in [0.1, 0.15) is 31.2 Å². The van der Waals surface area contributed by atoms with Gasteiger partial charge in [0.2, 0.25) is 0 Å². The molecule has 2 N–H and O–H groups in total. The molecule has 1 aliphatic carbocycles. The van der Waals surface area contributed by atoms with E-state index >= 15 is 0 Å². The van der Waals surface area contributed by atoms with Crippen LogP contribution in [0.3, 0.4) is 0 Å². The Labute approximate surface area is 98.5 Å². The highest BCUT2D eigenvalue weighted by atomic mass is 35.5. The molecule has 0 aromatic heterocycles. The number of hydrogen-bond acceptors (Lipinski definition) is 1. The molecule has 0 spiro atoms. The topological polar surface area (TPSA) is 26.0 Å². The predicted molar refractivity (Wildman–Crippen MR) is 67.3 cm³/mol. The summed E-state index contributed by atoms with van der Waals surface area (Å²) in [5, 5.41) is 0. The van der Waals surface area contributed by atoms with E-state index in [1.54, 1.807) is 0 Å². The lowest BCUT2D eigenvalue weighted by Gasteiger charge is -2.31. The summed E-state index contributed by atoms with van der Waals surface area (Å²) in [5.74, 6) is 0.818. The lowest BCUT2D eigenvalue weighted by Crippen LogP contribution is -2.34. The molecule has 1 saturated carbocycles. The number of benzene rings is 1. The molecule has 0 amide bonds. The molecule has 1 fully saturated rings. The van der Waals surface area contributed by atoms with Gasteiger partial charge in [0.25, 0.3) is 0 Å². The lowest BCUT2D eigenvalue weighted by molar-refractivity contribution is 0.253. The van der Waals surface area contributed by atoms with Gasteiger partial charge in [0.1, 0.15) is 0 Å². The van der Waals surface area contributed by atoms with E-state index in [-0.39, 0.29) is 12.4 Å². The normalized spacial score (nSPS) is 17.7. The van der Waals surface area contributed by atoms with Gasteiger partial charge in [-0.1, -0.05) is 36.8 Å². The molecular formula is C13H20ClN. The van der Waals surface area contributed by atoms with Crippen LogP contribution in [0, 0.1) is 5.92 Å². The van der Waals surface area contributed by atoms with Gasteiger partial charge in [-0.05, 0) is 37.2 Å². The van der Waals surface area contributed by atoms with Crippen molar-refractivity contribution in [2.45, 2.75) is 38.1 Å². The van der Waals surface area contributed by atoms with Crippen molar-refractivity contribution in [3.8, 4) is 0 Å². The van der Waals surface area contributed by atoms with Gasteiger partial charge in [-0.3, -0.25) is 0 Å². The Kier molecular flexibility index (Phi) is 5.13. The van der Waals surface area contributed by atoms with Crippen LogP contribution < -0.4 is 5.73 Å². The van der Waals surface area contributed by atoms with Gasteiger partial charge in [0, 0.05) is 6.04 Å². The molecule has 15 heavy (non-hydrogen) atoms. The highest BCUT2D eigenvalue weighted by molar-refractivity contribution is 5.85. The average molecular weight is 226 g/mol. The summed E-state index contributed by atoms with van der Waals surface area (Å²) in [4.78, 5) is 0. The van der Waals surface area contributed by atoms with Gasteiger partial charge in [-0.2, -0.15) is 0 Å². The van der Waals surface area contributed by atoms with Crippen molar-refractivity contribution in [1.82, 2.24) is 0 Å². The summed E-state index contributed by atoms with van der Waals surface area (Å²) >= 11 is 0. The largest absolute Gasteiger partial charge is 0.327 e. The van der Waals surface area contributed by atoms with Gasteiger partial charge in [-0.25, -0.2) is 0 Å². The molecule has 1 aromatic carbocycles. The van der Waals surface area contributed by atoms with E-state index in [1.165, 1.54) is 24.8 Å². The highest BCUT2D eigenvalue weighted by Gasteiger charge is 2.23. The van der Waals surface area contributed by atoms with E-state index in [0.717, 1.165) is 18.8 Å². The molecule has 1 atom stereocenters. The number of hydrogen-bond donors (Lipinski definition) is 1. The standard InChI is InChI=1S/C13H19N.ClH/c14-13(12-7-4-8-12)10-9-11-5-2-1-3-6-11;/h1-3,5-6,12-13H,4,7-10,14H2;1H/t13-;/m0./s1. The van der Waals surface area contributed by atoms with Crippen LogP contribution in [-0.2, 0) is 6.42 Å². The summed E-state index contributed by atoms with van der Waals surface area (Å²) in [6.45, 7) is 0. The molecule has 0 saturated heterocycles. The Balaban J connectivity index is 0.00000112. The third kappa shape index (κ3) is 3.51. The number of halogens is 1. The fourth-order valence-corrected chi connectivity index (χ4v) is 2.08. The van der Waals surface area contributed by atoms with Crippen LogP contribution in [0.5, 0.6) is 0 Å². The Morgan fingerprint density at radius 3 is 2.40 bits per heavy atom. The zero-order chi connectivity index (χ0) is 9.80. The second kappa shape index (κ2) is 6.14. The van der Waals surface area contributed by atoms with E-state index in [0.29, 0.717) is 6.04 Å². The summed E-state index contributed by atoms with van der Waals surface area (Å²) < 4.78 is 0. The fraction of sp³-hybridized carbons (Fsp3) is 0.538. The minimum Gasteiger partial charge on any atom is -0.327 e. The van der Waals surface area contributed by atoms with Gasteiger partial charge < -0.3 is 5.73 Å². The molecule has 0 bridgehead atoms. The summed E-state index contributed by atoms with van der Waals surface area (Å²) in [5.41, 5.74) is 7.55.